The quantitative estimate of drug-likeness (QED) is 0.662. The third-order valence-corrected chi connectivity index (χ3v) is 4.50. The molecule has 5 heteroatoms. The van der Waals surface area contributed by atoms with Crippen LogP contribution in [0.15, 0.2) is 53.7 Å². The largest absolute Gasteiger partial charge is 0.476 e. The second-order valence-corrected chi connectivity index (χ2v) is 6.05. The standard InChI is InChI=1S/C18H16N2O3/c1-11-6-8-12(9-7-11)19-17(21)18-10-14(18)16(20-22)13-4-2-3-5-15(13)23-18/h2-9,14,22H,10H2,1H3,(H,19,21)/b20-16+/t14-,18+/m0/s1. The molecule has 2 aliphatic rings. The highest BCUT2D eigenvalue weighted by atomic mass is 16.5. The lowest BCUT2D eigenvalue weighted by Gasteiger charge is -2.25. The number of rotatable bonds is 2. The highest BCUT2D eigenvalue weighted by molar-refractivity contribution is 6.15. The van der Waals surface area contributed by atoms with E-state index in [0.717, 1.165) is 16.8 Å². The Morgan fingerprint density at radius 3 is 2.74 bits per heavy atom. The minimum Gasteiger partial charge on any atom is -0.476 e. The van der Waals surface area contributed by atoms with Gasteiger partial charge >= 0.3 is 0 Å². The Morgan fingerprint density at radius 1 is 1.26 bits per heavy atom. The number of amides is 1. The lowest BCUT2D eigenvalue weighted by Crippen LogP contribution is -2.41. The molecule has 2 N–H and O–H groups in total. The van der Waals surface area contributed by atoms with E-state index in [1.54, 1.807) is 6.07 Å². The van der Waals surface area contributed by atoms with E-state index >= 15 is 0 Å². The highest BCUT2D eigenvalue weighted by Gasteiger charge is 2.68. The third-order valence-electron chi connectivity index (χ3n) is 4.50. The van der Waals surface area contributed by atoms with Gasteiger partial charge in [-0.2, -0.15) is 0 Å². The maximum Gasteiger partial charge on any atom is 0.269 e. The first-order valence-electron chi connectivity index (χ1n) is 7.52. The van der Waals surface area contributed by atoms with Crippen LogP contribution >= 0.6 is 0 Å². The molecule has 116 valence electrons. The summed E-state index contributed by atoms with van der Waals surface area (Å²) in [4.78, 5) is 12.7. The van der Waals surface area contributed by atoms with Crippen molar-refractivity contribution in [2.75, 3.05) is 5.32 Å². The third kappa shape index (κ3) is 2.08. The first-order chi connectivity index (χ1) is 11.1. The van der Waals surface area contributed by atoms with Gasteiger partial charge in [0.2, 0.25) is 0 Å². The van der Waals surface area contributed by atoms with E-state index in [2.05, 4.69) is 10.5 Å². The van der Waals surface area contributed by atoms with Crippen LogP contribution in [0.5, 0.6) is 5.75 Å². The van der Waals surface area contributed by atoms with Gasteiger partial charge in [-0.15, -0.1) is 0 Å². The van der Waals surface area contributed by atoms with Gasteiger partial charge in [0.05, 0.1) is 11.6 Å². The number of aryl methyl sites for hydroxylation is 1. The normalized spacial score (nSPS) is 26.0. The second-order valence-electron chi connectivity index (χ2n) is 6.05. The Bertz CT molecular complexity index is 813. The fourth-order valence-corrected chi connectivity index (χ4v) is 3.12. The number of fused-ring (bicyclic) bond motifs is 2. The number of nitrogens with zero attached hydrogens (tertiary/aromatic N) is 1. The molecule has 1 aliphatic carbocycles. The van der Waals surface area contributed by atoms with Crippen molar-refractivity contribution in [3.63, 3.8) is 0 Å². The molecule has 1 fully saturated rings. The minimum atomic E-state index is -0.971. The maximum absolute atomic E-state index is 12.7. The molecule has 0 saturated heterocycles. The average Bonchev–Trinajstić information content (AvgIpc) is 3.30. The van der Waals surface area contributed by atoms with E-state index in [1.807, 2.05) is 49.4 Å². The van der Waals surface area contributed by atoms with E-state index in [-0.39, 0.29) is 11.8 Å². The Hall–Kier alpha value is -2.82. The van der Waals surface area contributed by atoms with Crippen molar-refractivity contribution in [2.45, 2.75) is 18.9 Å². The maximum atomic E-state index is 12.7. The van der Waals surface area contributed by atoms with Crippen molar-refractivity contribution in [2.24, 2.45) is 11.1 Å². The summed E-state index contributed by atoms with van der Waals surface area (Å²) in [5, 5.41) is 15.7. The van der Waals surface area contributed by atoms with Gasteiger partial charge in [-0.1, -0.05) is 35.0 Å². The molecule has 0 aromatic heterocycles. The van der Waals surface area contributed by atoms with E-state index in [9.17, 15) is 10.0 Å². The van der Waals surface area contributed by atoms with Gasteiger partial charge in [-0.3, -0.25) is 4.79 Å². The van der Waals surface area contributed by atoms with Gasteiger partial charge in [0.15, 0.2) is 5.60 Å². The fraction of sp³-hybridized carbons (Fsp3) is 0.222. The Balaban J connectivity index is 1.63. The summed E-state index contributed by atoms with van der Waals surface area (Å²) < 4.78 is 5.98. The molecule has 1 saturated carbocycles. The number of hydrogen-bond donors (Lipinski definition) is 2. The molecule has 2 aromatic rings. The van der Waals surface area contributed by atoms with Crippen LogP contribution in [0.2, 0.25) is 0 Å². The van der Waals surface area contributed by atoms with Gasteiger partial charge in [0.1, 0.15) is 5.75 Å². The van der Waals surface area contributed by atoms with Crippen molar-refractivity contribution in [1.82, 2.24) is 0 Å². The van der Waals surface area contributed by atoms with Gasteiger partial charge in [-0.05, 0) is 31.2 Å². The van der Waals surface area contributed by atoms with Crippen LogP contribution < -0.4 is 10.1 Å². The summed E-state index contributed by atoms with van der Waals surface area (Å²) >= 11 is 0. The molecule has 1 amide bonds. The van der Waals surface area contributed by atoms with Crippen LogP contribution in [0.4, 0.5) is 5.69 Å². The van der Waals surface area contributed by atoms with E-state index in [0.29, 0.717) is 17.9 Å². The van der Waals surface area contributed by atoms with Crippen molar-refractivity contribution >= 4 is 17.3 Å². The molecule has 0 unspecified atom stereocenters. The molecule has 1 aliphatic heterocycles. The molecule has 23 heavy (non-hydrogen) atoms. The lowest BCUT2D eigenvalue weighted by atomic mass is 9.99. The number of carbonyl (C=O) groups is 1. The van der Waals surface area contributed by atoms with Crippen LogP contribution in [0.3, 0.4) is 0 Å². The van der Waals surface area contributed by atoms with E-state index in [4.69, 9.17) is 4.74 Å². The number of carbonyl (C=O) groups excluding carboxylic acids is 1. The number of ether oxygens (including phenoxy) is 1. The molecular weight excluding hydrogens is 292 g/mol. The Morgan fingerprint density at radius 2 is 2.00 bits per heavy atom. The predicted octanol–water partition coefficient (Wildman–Crippen LogP) is 2.96. The van der Waals surface area contributed by atoms with Crippen molar-refractivity contribution in [3.8, 4) is 5.75 Å². The number of oxime groups is 1. The molecule has 5 nitrogen and oxygen atoms in total. The van der Waals surface area contributed by atoms with Gasteiger partial charge in [-0.25, -0.2) is 0 Å². The molecule has 0 spiro atoms. The summed E-state index contributed by atoms with van der Waals surface area (Å²) in [6.45, 7) is 1.99. The van der Waals surface area contributed by atoms with Crippen LogP contribution in [0, 0.1) is 12.8 Å². The van der Waals surface area contributed by atoms with Crippen LogP contribution in [-0.4, -0.2) is 22.4 Å². The summed E-state index contributed by atoms with van der Waals surface area (Å²) in [5.41, 5.74) is 2.15. The molecule has 4 rings (SSSR count). The van der Waals surface area contributed by atoms with Crippen LogP contribution in [0.1, 0.15) is 17.5 Å². The van der Waals surface area contributed by atoms with Crippen LogP contribution in [0.25, 0.3) is 0 Å². The van der Waals surface area contributed by atoms with E-state index < -0.39 is 5.60 Å². The zero-order chi connectivity index (χ0) is 16.0. The topological polar surface area (TPSA) is 70.9 Å². The van der Waals surface area contributed by atoms with Gasteiger partial charge < -0.3 is 15.3 Å². The monoisotopic (exact) mass is 308 g/mol. The zero-order valence-electron chi connectivity index (χ0n) is 12.6. The minimum absolute atomic E-state index is 0.206. The van der Waals surface area contributed by atoms with Crippen molar-refractivity contribution < 1.29 is 14.7 Å². The summed E-state index contributed by atoms with van der Waals surface area (Å²) in [6.07, 6.45) is 0.513. The predicted molar refractivity (Wildman–Crippen MR) is 86.0 cm³/mol. The fourth-order valence-electron chi connectivity index (χ4n) is 3.12. The zero-order valence-corrected chi connectivity index (χ0v) is 12.6. The second kappa shape index (κ2) is 4.84. The van der Waals surface area contributed by atoms with E-state index in [1.165, 1.54) is 0 Å². The molecule has 0 radical (unpaired) electrons. The number of benzene rings is 2. The molecule has 0 bridgehead atoms. The van der Waals surface area contributed by atoms with Crippen LogP contribution in [-0.2, 0) is 4.79 Å². The molecule has 1 heterocycles. The summed E-state index contributed by atoms with van der Waals surface area (Å²) in [7, 11) is 0. The summed E-state index contributed by atoms with van der Waals surface area (Å²) in [6, 6.07) is 14.9. The first kappa shape index (κ1) is 13.8. The molecule has 2 atom stereocenters. The molecular formula is C18H16N2O3. The summed E-state index contributed by atoms with van der Waals surface area (Å²) in [5.74, 6) is 0.156. The SMILES string of the molecule is Cc1ccc(NC(=O)[C@@]23C[C@H]2/C(=N/O)c2ccccc2O3)cc1. The highest BCUT2D eigenvalue weighted by Crippen LogP contribution is 2.54. The van der Waals surface area contributed by atoms with Crippen molar-refractivity contribution in [3.05, 3.63) is 59.7 Å². The Kier molecular flexibility index (Phi) is 2.91. The Labute approximate surface area is 133 Å². The number of nitrogens with one attached hydrogen (secondary N) is 1. The number of hydrogen-bond acceptors (Lipinski definition) is 4. The molecule has 2 aromatic carbocycles. The number of anilines is 1. The first-order valence-corrected chi connectivity index (χ1v) is 7.52. The van der Waals surface area contributed by atoms with Crippen molar-refractivity contribution in [1.29, 1.82) is 0 Å². The average molecular weight is 308 g/mol. The number of para-hydroxylation sites is 1. The smallest absolute Gasteiger partial charge is 0.269 e. The van der Waals surface area contributed by atoms with Gasteiger partial charge in [0.25, 0.3) is 5.91 Å². The lowest BCUT2D eigenvalue weighted by molar-refractivity contribution is -0.125. The van der Waals surface area contributed by atoms with Gasteiger partial charge in [0, 0.05) is 17.7 Å².